The number of carbonyl (C=O) groups excluding carboxylic acids is 3. The molecule has 0 saturated carbocycles. The highest BCUT2D eigenvalue weighted by Gasteiger charge is 2.50. The molecule has 1 rings (SSSR count). The summed E-state index contributed by atoms with van der Waals surface area (Å²) >= 11 is 0. The molecule has 0 bridgehead atoms. The van der Waals surface area contributed by atoms with Gasteiger partial charge in [0.25, 0.3) is 0 Å². The van der Waals surface area contributed by atoms with Gasteiger partial charge in [0, 0.05) is 12.8 Å². The van der Waals surface area contributed by atoms with Crippen LogP contribution in [-0.2, 0) is 42.9 Å². The van der Waals surface area contributed by atoms with Gasteiger partial charge in [-0.1, -0.05) is 229 Å². The maximum absolute atomic E-state index is 13.1. The Morgan fingerprint density at radius 1 is 0.479 bits per heavy atom. The van der Waals surface area contributed by atoms with Crippen molar-refractivity contribution in [2.75, 3.05) is 13.2 Å². The van der Waals surface area contributed by atoms with Crippen LogP contribution in [-0.4, -0.2) is 89.2 Å². The monoisotopic (exact) mass is 1030 g/mol. The first-order chi connectivity index (χ1) is 35.6. The Kier molecular flexibility index (Phi) is 45.1. The number of hydrogen-bond donors (Lipinski definition) is 3. The average molecular weight is 1030 g/mol. The summed E-state index contributed by atoms with van der Waals surface area (Å²) in [5.41, 5.74) is 0. The molecule has 418 valence electrons. The van der Waals surface area contributed by atoms with Crippen LogP contribution in [0, 0.1) is 0 Å². The quantitative estimate of drug-likeness (QED) is 0.0228. The van der Waals surface area contributed by atoms with Crippen molar-refractivity contribution in [3.05, 3.63) is 72.9 Å². The molecule has 0 aliphatic carbocycles. The van der Waals surface area contributed by atoms with E-state index >= 15 is 0 Å². The fraction of sp³-hybridized carbons (Fsp3) is 0.738. The summed E-state index contributed by atoms with van der Waals surface area (Å²) in [6, 6.07) is 0. The second kappa shape index (κ2) is 49.1. The summed E-state index contributed by atoms with van der Waals surface area (Å²) < 4.78 is 28.2. The minimum atomic E-state index is -1.91. The molecule has 0 amide bonds. The lowest BCUT2D eigenvalue weighted by molar-refractivity contribution is -0.301. The van der Waals surface area contributed by atoms with Crippen LogP contribution >= 0.6 is 0 Å². The third-order valence-corrected chi connectivity index (χ3v) is 12.8. The molecule has 1 fully saturated rings. The Morgan fingerprint density at radius 3 is 1.41 bits per heavy atom. The van der Waals surface area contributed by atoms with Gasteiger partial charge in [-0.15, -0.1) is 0 Å². The minimum Gasteiger partial charge on any atom is -0.479 e. The van der Waals surface area contributed by atoms with Crippen molar-refractivity contribution in [2.45, 2.75) is 276 Å². The Hall–Kier alpha value is -3.84. The Morgan fingerprint density at radius 2 is 0.918 bits per heavy atom. The first kappa shape index (κ1) is 67.2. The van der Waals surface area contributed by atoms with Crippen molar-refractivity contribution >= 4 is 23.9 Å². The van der Waals surface area contributed by atoms with Crippen molar-refractivity contribution in [3.8, 4) is 0 Å². The lowest BCUT2D eigenvalue weighted by Crippen LogP contribution is -2.61. The maximum Gasteiger partial charge on any atom is 0.335 e. The van der Waals surface area contributed by atoms with Crippen LogP contribution in [0.3, 0.4) is 0 Å². The zero-order chi connectivity index (χ0) is 53.3. The molecule has 0 spiro atoms. The van der Waals surface area contributed by atoms with E-state index in [4.69, 9.17) is 23.7 Å². The molecule has 12 nitrogen and oxygen atoms in total. The molecule has 0 aromatic carbocycles. The number of esters is 3. The molecule has 1 aliphatic heterocycles. The van der Waals surface area contributed by atoms with Crippen LogP contribution < -0.4 is 0 Å². The highest BCUT2D eigenvalue weighted by Crippen LogP contribution is 2.26. The number of carboxylic acids is 1. The van der Waals surface area contributed by atoms with E-state index in [0.717, 1.165) is 89.9 Å². The van der Waals surface area contributed by atoms with Crippen molar-refractivity contribution in [1.82, 2.24) is 0 Å². The van der Waals surface area contributed by atoms with Crippen molar-refractivity contribution < 1.29 is 58.2 Å². The lowest BCUT2D eigenvalue weighted by atomic mass is 9.98. The predicted molar refractivity (Wildman–Crippen MR) is 294 cm³/mol. The Bertz CT molecular complexity index is 1550. The van der Waals surface area contributed by atoms with Gasteiger partial charge in [0.15, 0.2) is 24.6 Å². The molecule has 6 unspecified atom stereocenters. The van der Waals surface area contributed by atoms with Crippen LogP contribution in [0.2, 0.25) is 0 Å². The van der Waals surface area contributed by atoms with E-state index in [0.29, 0.717) is 19.3 Å². The van der Waals surface area contributed by atoms with E-state index in [1.54, 1.807) is 6.08 Å². The standard InChI is InChI=1S/C61H102O12/c1-4-7-10-13-16-19-22-24-26-27-29-31-34-37-40-43-46-49-55(64)72-59-57(66)56(65)58(60(67)68)73-61(59)70-51-52(71-54(63)48-45-42-39-36-32-21-18-15-12-9-6-3)50-69-53(62)47-44-41-38-35-33-30-28-25-23-20-17-14-11-8-5-2/h8,11,15,17-18,20,25,28,33,35,41,44,52,56-59,61,65-66H,4-7,9-10,12-14,16,19,21-24,26-27,29-32,34,36-40,42-43,45-51H2,1-3H3,(H,67,68)/b11-8-,18-15-,20-17-,28-25-,35-33-,44-41-. The van der Waals surface area contributed by atoms with Crippen LogP contribution in [0.1, 0.15) is 239 Å². The number of ether oxygens (including phenoxy) is 5. The van der Waals surface area contributed by atoms with Gasteiger partial charge < -0.3 is 39.0 Å². The third-order valence-electron chi connectivity index (χ3n) is 12.8. The first-order valence-corrected chi connectivity index (χ1v) is 28.9. The number of unbranched alkanes of at least 4 members (excludes halogenated alkanes) is 23. The van der Waals surface area contributed by atoms with Crippen LogP contribution in [0.15, 0.2) is 72.9 Å². The van der Waals surface area contributed by atoms with Crippen molar-refractivity contribution in [1.29, 1.82) is 0 Å². The molecule has 0 aromatic rings. The number of carbonyl (C=O) groups is 4. The average Bonchev–Trinajstić information content (AvgIpc) is 3.37. The van der Waals surface area contributed by atoms with E-state index in [2.05, 4.69) is 75.5 Å². The molecule has 1 aliphatic rings. The summed E-state index contributed by atoms with van der Waals surface area (Å²) in [7, 11) is 0. The van der Waals surface area contributed by atoms with Crippen LogP contribution in [0.4, 0.5) is 0 Å². The van der Waals surface area contributed by atoms with Crippen molar-refractivity contribution in [2.24, 2.45) is 0 Å². The summed E-state index contributed by atoms with van der Waals surface area (Å²) in [5, 5.41) is 31.4. The Balaban J connectivity index is 2.72. The summed E-state index contributed by atoms with van der Waals surface area (Å²) in [6.07, 6.45) is 49.1. The van der Waals surface area contributed by atoms with Gasteiger partial charge in [0.05, 0.1) is 13.0 Å². The normalized spacial score (nSPS) is 18.8. The molecule has 3 N–H and O–H groups in total. The molecule has 1 saturated heterocycles. The van der Waals surface area contributed by atoms with Crippen molar-refractivity contribution in [3.63, 3.8) is 0 Å². The highest BCUT2D eigenvalue weighted by atomic mass is 16.7. The van der Waals surface area contributed by atoms with Gasteiger partial charge in [0.2, 0.25) is 0 Å². The Labute approximate surface area is 442 Å². The van der Waals surface area contributed by atoms with Crippen LogP contribution in [0.5, 0.6) is 0 Å². The molecular formula is C61H102O12. The van der Waals surface area contributed by atoms with Gasteiger partial charge >= 0.3 is 23.9 Å². The fourth-order valence-corrected chi connectivity index (χ4v) is 8.36. The second-order valence-electron chi connectivity index (χ2n) is 19.6. The van der Waals surface area contributed by atoms with Crippen LogP contribution in [0.25, 0.3) is 0 Å². The zero-order valence-electron chi connectivity index (χ0n) is 45.9. The number of hydrogen-bond acceptors (Lipinski definition) is 11. The lowest BCUT2D eigenvalue weighted by Gasteiger charge is -2.40. The minimum absolute atomic E-state index is 0.0167. The molecular weight excluding hydrogens is 925 g/mol. The SMILES string of the molecule is CC/C=C\C/C=C\C/C=C\C/C=C\C/C=C\CC(=O)OCC(COC1OC(C(=O)O)C(O)C(O)C1OC(=O)CCCCCCCCCCCCCCCCCCC)OC(=O)CCCCCCC/C=C\CCCC. The number of allylic oxidation sites excluding steroid dienone is 11. The maximum atomic E-state index is 13.1. The van der Waals surface area contributed by atoms with E-state index in [1.807, 2.05) is 12.2 Å². The third kappa shape index (κ3) is 39.3. The van der Waals surface area contributed by atoms with Gasteiger partial charge in [-0.3, -0.25) is 14.4 Å². The van der Waals surface area contributed by atoms with Gasteiger partial charge in [-0.25, -0.2) is 4.79 Å². The molecule has 0 radical (unpaired) electrons. The second-order valence-corrected chi connectivity index (χ2v) is 19.6. The fourth-order valence-electron chi connectivity index (χ4n) is 8.36. The summed E-state index contributed by atoms with van der Waals surface area (Å²) in [5.74, 6) is -3.29. The number of aliphatic hydroxyl groups excluding tert-OH is 2. The number of aliphatic carboxylic acids is 1. The number of carboxylic acid groups (broad SMARTS) is 1. The molecule has 6 atom stereocenters. The number of aliphatic hydroxyl groups is 2. The van der Waals surface area contributed by atoms with E-state index in [1.165, 1.54) is 89.9 Å². The van der Waals surface area contributed by atoms with Gasteiger partial charge in [-0.2, -0.15) is 0 Å². The van der Waals surface area contributed by atoms with Gasteiger partial charge in [0.1, 0.15) is 18.8 Å². The topological polar surface area (TPSA) is 175 Å². The van der Waals surface area contributed by atoms with Gasteiger partial charge in [-0.05, 0) is 64.2 Å². The molecule has 0 aromatic heterocycles. The smallest absolute Gasteiger partial charge is 0.335 e. The molecule has 12 heteroatoms. The first-order valence-electron chi connectivity index (χ1n) is 28.9. The summed E-state index contributed by atoms with van der Waals surface area (Å²) in [6.45, 7) is 5.74. The van der Waals surface area contributed by atoms with E-state index < -0.39 is 67.3 Å². The zero-order valence-corrected chi connectivity index (χ0v) is 45.9. The molecule has 73 heavy (non-hydrogen) atoms. The summed E-state index contributed by atoms with van der Waals surface area (Å²) in [4.78, 5) is 50.9. The predicted octanol–water partition coefficient (Wildman–Crippen LogP) is 14.6. The highest BCUT2D eigenvalue weighted by molar-refractivity contribution is 5.74. The molecule has 1 heterocycles. The van der Waals surface area contributed by atoms with E-state index in [-0.39, 0.29) is 25.9 Å². The largest absolute Gasteiger partial charge is 0.479 e. The number of rotatable bonds is 48. The van der Waals surface area contributed by atoms with E-state index in [9.17, 15) is 34.5 Å².